The second kappa shape index (κ2) is 10.7. The van der Waals surface area contributed by atoms with Crippen LogP contribution in [0.2, 0.25) is 0 Å². The van der Waals surface area contributed by atoms with Gasteiger partial charge in [-0.25, -0.2) is 0 Å². The van der Waals surface area contributed by atoms with Crippen LogP contribution in [0.4, 0.5) is 0 Å². The first kappa shape index (κ1) is 21.1. The van der Waals surface area contributed by atoms with Gasteiger partial charge < -0.3 is 14.4 Å². The number of rotatable bonds is 8. The smallest absolute Gasteiger partial charge is 0.307 e. The number of likely N-dealkylation sites (tertiary alicyclic amines) is 1. The fourth-order valence-electron chi connectivity index (χ4n) is 4.57. The first-order chi connectivity index (χ1) is 14.8. The van der Waals surface area contributed by atoms with E-state index in [2.05, 4.69) is 53.4 Å². The van der Waals surface area contributed by atoms with Crippen LogP contribution in [0.1, 0.15) is 62.2 Å². The maximum atomic E-state index is 12.1. The van der Waals surface area contributed by atoms with Gasteiger partial charge in [0.15, 0.2) is 0 Å². The largest absolute Gasteiger partial charge is 0.462 e. The number of ether oxygens (including phenoxy) is 2. The lowest BCUT2D eigenvalue weighted by molar-refractivity contribution is -0.149. The van der Waals surface area contributed by atoms with E-state index in [0.29, 0.717) is 6.42 Å². The van der Waals surface area contributed by atoms with Crippen molar-refractivity contribution in [2.24, 2.45) is 0 Å². The number of hydrogen-bond acceptors (Lipinski definition) is 4. The second-order valence-electron chi connectivity index (χ2n) is 8.52. The normalized spacial score (nSPS) is 18.7. The molecule has 2 fully saturated rings. The molecule has 4 rings (SSSR count). The number of carbonyl (C=O) groups is 1. The highest BCUT2D eigenvalue weighted by molar-refractivity contribution is 5.69. The Kier molecular flexibility index (Phi) is 7.54. The van der Waals surface area contributed by atoms with Gasteiger partial charge in [-0.1, -0.05) is 60.7 Å². The summed E-state index contributed by atoms with van der Waals surface area (Å²) < 4.78 is 12.2. The Hall–Kier alpha value is -2.17. The fourth-order valence-corrected chi connectivity index (χ4v) is 4.57. The van der Waals surface area contributed by atoms with Gasteiger partial charge in [0.2, 0.25) is 0 Å². The molecule has 0 atom stereocenters. The van der Waals surface area contributed by atoms with Gasteiger partial charge in [-0.15, -0.1) is 0 Å². The predicted octanol–water partition coefficient (Wildman–Crippen LogP) is 5.13. The number of benzene rings is 2. The summed E-state index contributed by atoms with van der Waals surface area (Å²) in [4.78, 5) is 14.5. The number of carbonyl (C=O) groups excluding carboxylic acids is 1. The summed E-state index contributed by atoms with van der Waals surface area (Å²) >= 11 is 0. The van der Waals surface area contributed by atoms with E-state index in [-0.39, 0.29) is 24.3 Å². The summed E-state index contributed by atoms with van der Waals surface area (Å²) in [6, 6.07) is 20.9. The van der Waals surface area contributed by atoms with Crippen molar-refractivity contribution in [1.82, 2.24) is 4.90 Å². The van der Waals surface area contributed by atoms with E-state index in [1.165, 1.54) is 24.0 Å². The van der Waals surface area contributed by atoms with Gasteiger partial charge in [0, 0.05) is 19.6 Å². The zero-order chi connectivity index (χ0) is 20.6. The third kappa shape index (κ3) is 5.93. The van der Waals surface area contributed by atoms with Crippen molar-refractivity contribution in [3.63, 3.8) is 0 Å². The number of nitrogens with zero attached hydrogens (tertiary/aromatic N) is 1. The summed E-state index contributed by atoms with van der Waals surface area (Å²) in [7, 11) is 0. The molecule has 1 aliphatic heterocycles. The molecule has 1 saturated heterocycles. The lowest BCUT2D eigenvalue weighted by Gasteiger charge is -2.34. The molecule has 0 aromatic heterocycles. The van der Waals surface area contributed by atoms with Gasteiger partial charge in [0.05, 0.1) is 12.5 Å². The van der Waals surface area contributed by atoms with Gasteiger partial charge in [-0.2, -0.15) is 0 Å². The molecule has 0 spiro atoms. The molecule has 2 aromatic carbocycles. The minimum atomic E-state index is -0.0367. The van der Waals surface area contributed by atoms with Crippen molar-refractivity contribution in [3.05, 3.63) is 71.8 Å². The van der Waals surface area contributed by atoms with E-state index in [1.54, 1.807) is 0 Å². The van der Waals surface area contributed by atoms with E-state index >= 15 is 0 Å². The molecule has 2 aromatic rings. The Balaban J connectivity index is 1.26. The molecule has 4 heteroatoms. The van der Waals surface area contributed by atoms with Crippen LogP contribution in [0, 0.1) is 0 Å². The predicted molar refractivity (Wildman–Crippen MR) is 118 cm³/mol. The molecule has 4 nitrogen and oxygen atoms in total. The molecule has 0 N–H and O–H groups in total. The average molecular weight is 408 g/mol. The Bertz CT molecular complexity index is 726. The summed E-state index contributed by atoms with van der Waals surface area (Å²) in [6.45, 7) is 2.73. The molecule has 0 amide bonds. The van der Waals surface area contributed by atoms with E-state index in [1.807, 2.05) is 12.1 Å². The molecule has 30 heavy (non-hydrogen) atoms. The van der Waals surface area contributed by atoms with Crippen LogP contribution < -0.4 is 0 Å². The minimum Gasteiger partial charge on any atom is -0.462 e. The van der Waals surface area contributed by atoms with E-state index in [4.69, 9.17) is 9.47 Å². The molecular weight excluding hydrogens is 374 g/mol. The highest BCUT2D eigenvalue weighted by atomic mass is 16.5. The van der Waals surface area contributed by atoms with Crippen molar-refractivity contribution >= 4 is 5.97 Å². The van der Waals surface area contributed by atoms with Crippen molar-refractivity contribution in [3.8, 4) is 0 Å². The first-order valence-electron chi connectivity index (χ1n) is 11.4. The highest BCUT2D eigenvalue weighted by Gasteiger charge is 2.25. The zero-order valence-corrected chi connectivity index (χ0v) is 17.7. The molecule has 1 aliphatic carbocycles. The van der Waals surface area contributed by atoms with Gasteiger partial charge in [0.1, 0.15) is 12.2 Å². The molecule has 1 heterocycles. The minimum absolute atomic E-state index is 0.0338. The van der Waals surface area contributed by atoms with Crippen molar-refractivity contribution in [1.29, 1.82) is 0 Å². The number of piperidine rings is 1. The summed E-state index contributed by atoms with van der Waals surface area (Å²) in [5, 5.41) is 0. The van der Waals surface area contributed by atoms with Gasteiger partial charge in [-0.3, -0.25) is 4.79 Å². The molecule has 160 valence electrons. The Morgan fingerprint density at radius 2 is 1.40 bits per heavy atom. The lowest BCUT2D eigenvalue weighted by Crippen LogP contribution is -2.38. The van der Waals surface area contributed by atoms with Crippen LogP contribution in [0.15, 0.2) is 60.7 Å². The molecule has 1 saturated carbocycles. The fraction of sp³-hybridized carbons (Fsp3) is 0.500. The molecular formula is C26H33NO3. The summed E-state index contributed by atoms with van der Waals surface area (Å²) in [5.74, 6) is -0.0338. The Morgan fingerprint density at radius 3 is 1.97 bits per heavy atom. The quantitative estimate of drug-likeness (QED) is 0.569. The van der Waals surface area contributed by atoms with Gasteiger partial charge in [-0.05, 0) is 49.7 Å². The highest BCUT2D eigenvalue weighted by Crippen LogP contribution is 2.30. The number of esters is 1. The SMILES string of the molecule is O=C(CCN1CCC(OC(c2ccccc2)c2ccccc2)CC1)OC1CCCC1. The van der Waals surface area contributed by atoms with Crippen LogP contribution in [0.5, 0.6) is 0 Å². The maximum Gasteiger partial charge on any atom is 0.307 e. The van der Waals surface area contributed by atoms with Crippen molar-refractivity contribution < 1.29 is 14.3 Å². The van der Waals surface area contributed by atoms with E-state index in [0.717, 1.165) is 45.3 Å². The van der Waals surface area contributed by atoms with Crippen LogP contribution in [-0.4, -0.2) is 42.7 Å². The van der Waals surface area contributed by atoms with Crippen molar-refractivity contribution in [2.75, 3.05) is 19.6 Å². The standard InChI is InChI=1S/C26H33NO3/c28-25(29-23-13-7-8-14-23)17-20-27-18-15-24(16-19-27)30-26(21-9-3-1-4-10-21)22-11-5-2-6-12-22/h1-6,9-12,23-24,26H,7-8,13-20H2. The van der Waals surface area contributed by atoms with Crippen molar-refractivity contribution in [2.45, 2.75) is 63.3 Å². The summed E-state index contributed by atoms with van der Waals surface area (Å²) in [6.07, 6.45) is 7.32. The third-order valence-corrected chi connectivity index (χ3v) is 6.30. The topological polar surface area (TPSA) is 38.8 Å². The van der Waals surface area contributed by atoms with E-state index < -0.39 is 0 Å². The first-order valence-corrected chi connectivity index (χ1v) is 11.4. The second-order valence-corrected chi connectivity index (χ2v) is 8.52. The van der Waals surface area contributed by atoms with Crippen LogP contribution in [0.25, 0.3) is 0 Å². The average Bonchev–Trinajstić information content (AvgIpc) is 3.31. The van der Waals surface area contributed by atoms with E-state index in [9.17, 15) is 4.79 Å². The Labute approximate surface area is 180 Å². The molecule has 0 radical (unpaired) electrons. The third-order valence-electron chi connectivity index (χ3n) is 6.30. The molecule has 0 bridgehead atoms. The van der Waals surface area contributed by atoms with Crippen LogP contribution >= 0.6 is 0 Å². The molecule has 2 aliphatic rings. The van der Waals surface area contributed by atoms with Gasteiger partial charge >= 0.3 is 5.97 Å². The van der Waals surface area contributed by atoms with Crippen LogP contribution in [0.3, 0.4) is 0 Å². The Morgan fingerprint density at radius 1 is 0.833 bits per heavy atom. The lowest BCUT2D eigenvalue weighted by atomic mass is 10.00. The summed E-state index contributed by atoms with van der Waals surface area (Å²) in [5.41, 5.74) is 2.39. The zero-order valence-electron chi connectivity index (χ0n) is 17.7. The monoisotopic (exact) mass is 407 g/mol. The maximum absolute atomic E-state index is 12.1. The van der Waals surface area contributed by atoms with Crippen LogP contribution in [-0.2, 0) is 14.3 Å². The number of hydrogen-bond donors (Lipinski definition) is 0. The molecule has 0 unspecified atom stereocenters. The van der Waals surface area contributed by atoms with Gasteiger partial charge in [0.25, 0.3) is 0 Å².